The molecule has 1 aliphatic heterocycles. The molecule has 0 aliphatic carbocycles. The predicted octanol–water partition coefficient (Wildman–Crippen LogP) is 6.44. The monoisotopic (exact) mass is 510 g/mol. The van der Waals surface area contributed by atoms with E-state index in [1.165, 1.54) is 12.1 Å². The van der Waals surface area contributed by atoms with Gasteiger partial charge in [0.1, 0.15) is 17.2 Å². The van der Waals surface area contributed by atoms with Crippen molar-refractivity contribution in [3.63, 3.8) is 0 Å². The molecule has 0 amide bonds. The number of benzene rings is 3. The molecule has 0 bridgehead atoms. The molecule has 0 saturated carbocycles. The Kier molecular flexibility index (Phi) is 6.02. The Balaban J connectivity index is 1.36. The fourth-order valence-electron chi connectivity index (χ4n) is 4.88. The van der Waals surface area contributed by atoms with Crippen LogP contribution in [0.15, 0.2) is 81.1 Å². The molecule has 0 N–H and O–H groups in total. The topological polar surface area (TPSA) is 82.5 Å². The fourth-order valence-corrected chi connectivity index (χ4v) is 4.88. The molecule has 2 aromatic heterocycles. The molecule has 1 atom stereocenters. The van der Waals surface area contributed by atoms with Crippen LogP contribution in [0.1, 0.15) is 56.8 Å². The van der Waals surface area contributed by atoms with Crippen molar-refractivity contribution in [2.45, 2.75) is 51.6 Å². The second-order valence-electron chi connectivity index (χ2n) is 9.86. The molecule has 7 nitrogen and oxygen atoms in total. The molecular formula is C30H27FN4O3. The molecule has 6 rings (SSSR count). The number of aryl methyl sites for hydroxylation is 1. The molecule has 1 aliphatic rings. The third kappa shape index (κ3) is 4.26. The van der Waals surface area contributed by atoms with Crippen molar-refractivity contribution in [1.82, 2.24) is 14.5 Å². The van der Waals surface area contributed by atoms with Crippen molar-refractivity contribution < 1.29 is 13.6 Å². The Morgan fingerprint density at radius 3 is 2.61 bits per heavy atom. The van der Waals surface area contributed by atoms with E-state index in [-0.39, 0.29) is 11.4 Å². The van der Waals surface area contributed by atoms with Crippen molar-refractivity contribution in [3.05, 3.63) is 100 Å². The summed E-state index contributed by atoms with van der Waals surface area (Å²) in [6, 6.07) is 19.0. The number of oxime groups is 1. The highest BCUT2D eigenvalue weighted by Gasteiger charge is 2.41. The molecule has 0 fully saturated rings. The van der Waals surface area contributed by atoms with Gasteiger partial charge in [-0.25, -0.2) is 14.4 Å². The van der Waals surface area contributed by atoms with E-state index >= 15 is 0 Å². The summed E-state index contributed by atoms with van der Waals surface area (Å²) in [4.78, 5) is 29.0. The Bertz CT molecular complexity index is 1710. The summed E-state index contributed by atoms with van der Waals surface area (Å²) in [5.74, 6) is 0.773. The molecule has 8 heteroatoms. The van der Waals surface area contributed by atoms with Crippen LogP contribution in [-0.4, -0.2) is 20.2 Å². The summed E-state index contributed by atoms with van der Waals surface area (Å²) in [6.07, 6.45) is 4.08. The predicted molar refractivity (Wildman–Crippen MR) is 144 cm³/mol. The number of hydrogen-bond acceptors (Lipinski definition) is 6. The smallest absolute Gasteiger partial charge is 0.265 e. The first kappa shape index (κ1) is 24.0. The van der Waals surface area contributed by atoms with Crippen molar-refractivity contribution >= 4 is 27.7 Å². The lowest BCUT2D eigenvalue weighted by Gasteiger charge is -2.16. The van der Waals surface area contributed by atoms with Gasteiger partial charge in [-0.05, 0) is 61.9 Å². The SMILES string of the molecule is CCCCCc1nc2cc(C3=NOC(C)(c4nc5ccccc5o4)C3)ccc2c(=O)n1-c1ccc(F)cc1. The number of oxazole rings is 1. The first-order valence-corrected chi connectivity index (χ1v) is 12.9. The van der Waals surface area contributed by atoms with Gasteiger partial charge < -0.3 is 9.25 Å². The molecule has 0 spiro atoms. The number of fused-ring (bicyclic) bond motifs is 2. The summed E-state index contributed by atoms with van der Waals surface area (Å²) < 4.78 is 21.1. The lowest BCUT2D eigenvalue weighted by molar-refractivity contribution is -0.0267. The van der Waals surface area contributed by atoms with E-state index in [4.69, 9.17) is 14.2 Å². The lowest BCUT2D eigenvalue weighted by atomic mass is 9.95. The zero-order chi connectivity index (χ0) is 26.3. The zero-order valence-corrected chi connectivity index (χ0v) is 21.3. The fraction of sp³-hybridized carbons (Fsp3) is 0.267. The first-order valence-electron chi connectivity index (χ1n) is 12.9. The Labute approximate surface area is 218 Å². The summed E-state index contributed by atoms with van der Waals surface area (Å²) in [5.41, 5.74) is 3.19. The van der Waals surface area contributed by atoms with E-state index in [0.29, 0.717) is 46.7 Å². The molecular weight excluding hydrogens is 483 g/mol. The minimum absolute atomic E-state index is 0.180. The van der Waals surface area contributed by atoms with Gasteiger partial charge in [0, 0.05) is 18.4 Å². The van der Waals surface area contributed by atoms with Gasteiger partial charge in [0.05, 0.1) is 22.3 Å². The van der Waals surface area contributed by atoms with E-state index in [9.17, 15) is 9.18 Å². The second kappa shape index (κ2) is 9.52. The van der Waals surface area contributed by atoms with Crippen LogP contribution in [0.25, 0.3) is 27.7 Å². The quantitative estimate of drug-likeness (QED) is 0.235. The van der Waals surface area contributed by atoms with Crippen molar-refractivity contribution in [2.24, 2.45) is 5.16 Å². The largest absolute Gasteiger partial charge is 0.436 e. The van der Waals surface area contributed by atoms with E-state index in [1.54, 1.807) is 22.8 Å². The highest BCUT2D eigenvalue weighted by atomic mass is 19.1. The van der Waals surface area contributed by atoms with E-state index in [0.717, 1.165) is 36.1 Å². The van der Waals surface area contributed by atoms with E-state index in [2.05, 4.69) is 17.1 Å². The summed E-state index contributed by atoms with van der Waals surface area (Å²) >= 11 is 0. The maximum absolute atomic E-state index is 13.6. The van der Waals surface area contributed by atoms with Gasteiger partial charge in [-0.3, -0.25) is 9.36 Å². The van der Waals surface area contributed by atoms with Crippen LogP contribution >= 0.6 is 0 Å². The van der Waals surface area contributed by atoms with E-state index in [1.807, 2.05) is 43.3 Å². The zero-order valence-electron chi connectivity index (χ0n) is 21.3. The van der Waals surface area contributed by atoms with Crippen LogP contribution in [0.3, 0.4) is 0 Å². The van der Waals surface area contributed by atoms with Crippen LogP contribution in [0.5, 0.6) is 0 Å². The van der Waals surface area contributed by atoms with Gasteiger partial charge in [-0.2, -0.15) is 0 Å². The summed E-state index contributed by atoms with van der Waals surface area (Å²) in [5, 5.41) is 4.85. The first-order chi connectivity index (χ1) is 18.4. The Morgan fingerprint density at radius 1 is 1.00 bits per heavy atom. The molecule has 1 unspecified atom stereocenters. The Morgan fingerprint density at radius 2 is 1.82 bits per heavy atom. The Hall–Kier alpha value is -4.33. The van der Waals surface area contributed by atoms with Gasteiger partial charge >= 0.3 is 0 Å². The maximum atomic E-state index is 13.6. The molecule has 38 heavy (non-hydrogen) atoms. The van der Waals surface area contributed by atoms with Crippen LogP contribution in [0.4, 0.5) is 4.39 Å². The van der Waals surface area contributed by atoms with Gasteiger partial charge in [0.2, 0.25) is 11.5 Å². The van der Waals surface area contributed by atoms with Crippen LogP contribution < -0.4 is 5.56 Å². The standard InChI is InChI=1S/C30H27FN4O3/c1-3-4-5-10-27-32-24-17-19(11-16-22(24)28(36)35(27)21-14-12-20(31)13-15-21)25-18-30(2,38-34-25)29-33-23-8-6-7-9-26(23)37-29/h6-9,11-17H,3-5,10,18H2,1-2H3. The van der Waals surface area contributed by atoms with E-state index < -0.39 is 5.60 Å². The highest BCUT2D eigenvalue weighted by Crippen LogP contribution is 2.37. The highest BCUT2D eigenvalue weighted by molar-refractivity contribution is 6.03. The molecule has 5 aromatic rings. The minimum atomic E-state index is -0.839. The molecule has 0 saturated heterocycles. The summed E-state index contributed by atoms with van der Waals surface area (Å²) in [6.45, 7) is 4.03. The average molecular weight is 511 g/mol. The van der Waals surface area contributed by atoms with Gasteiger partial charge in [0.15, 0.2) is 5.58 Å². The number of halogens is 1. The lowest BCUT2D eigenvalue weighted by Crippen LogP contribution is -2.24. The van der Waals surface area contributed by atoms with Gasteiger partial charge in [0.25, 0.3) is 5.56 Å². The number of rotatable bonds is 7. The normalized spacial score (nSPS) is 17.2. The summed E-state index contributed by atoms with van der Waals surface area (Å²) in [7, 11) is 0. The number of aromatic nitrogens is 3. The van der Waals surface area contributed by atoms with Crippen molar-refractivity contribution in [2.75, 3.05) is 0 Å². The van der Waals surface area contributed by atoms with Crippen molar-refractivity contribution in [3.8, 4) is 5.69 Å². The molecule has 192 valence electrons. The third-order valence-electron chi connectivity index (χ3n) is 6.97. The van der Waals surface area contributed by atoms with Gasteiger partial charge in [-0.1, -0.05) is 43.1 Å². The van der Waals surface area contributed by atoms with Crippen LogP contribution in [0, 0.1) is 5.82 Å². The molecule has 0 radical (unpaired) electrons. The second-order valence-corrected chi connectivity index (χ2v) is 9.86. The molecule has 3 heterocycles. The third-order valence-corrected chi connectivity index (χ3v) is 6.97. The van der Waals surface area contributed by atoms with Gasteiger partial charge in [-0.15, -0.1) is 0 Å². The maximum Gasteiger partial charge on any atom is 0.265 e. The average Bonchev–Trinajstić information content (AvgIpc) is 3.55. The number of unbranched alkanes of at least 4 members (excludes halogenated alkanes) is 2. The number of hydrogen-bond donors (Lipinski definition) is 0. The minimum Gasteiger partial charge on any atom is -0.436 e. The van der Waals surface area contributed by atoms with Crippen molar-refractivity contribution in [1.29, 1.82) is 0 Å². The number of para-hydroxylation sites is 2. The number of nitrogens with zero attached hydrogens (tertiary/aromatic N) is 4. The van der Waals surface area contributed by atoms with Crippen LogP contribution in [0.2, 0.25) is 0 Å². The molecule has 3 aromatic carbocycles. The van der Waals surface area contributed by atoms with Crippen LogP contribution in [-0.2, 0) is 16.9 Å².